The highest BCUT2D eigenvalue weighted by Gasteiger charge is 2.06. The van der Waals surface area contributed by atoms with Crippen molar-refractivity contribution in [3.63, 3.8) is 0 Å². The van der Waals surface area contributed by atoms with Crippen molar-refractivity contribution in [3.05, 3.63) is 23.5 Å². The maximum Gasteiger partial charge on any atom is 0.106 e. The van der Waals surface area contributed by atoms with E-state index in [0.29, 0.717) is 0 Å². The molecule has 4 heteroatoms. The summed E-state index contributed by atoms with van der Waals surface area (Å²) in [5, 5.41) is 0. The van der Waals surface area contributed by atoms with Crippen LogP contribution in [-0.2, 0) is 7.05 Å². The molecule has 3 rings (SSSR count). The van der Waals surface area contributed by atoms with Gasteiger partial charge in [0.2, 0.25) is 0 Å². The highest BCUT2D eigenvalue weighted by molar-refractivity contribution is 7.16. The first kappa shape index (κ1) is 7.94. The summed E-state index contributed by atoms with van der Waals surface area (Å²) in [6, 6.07) is 4.20. The lowest BCUT2D eigenvalue weighted by atomic mass is 10.3. The summed E-state index contributed by atoms with van der Waals surface area (Å²) in [4.78, 5) is 8.78. The number of nitrogens with zero attached hydrogens (tertiary/aromatic N) is 3. The lowest BCUT2D eigenvalue weighted by Gasteiger charge is -1.95. The predicted octanol–water partition coefficient (Wildman–Crippen LogP) is 2.49. The third-order valence-corrected chi connectivity index (χ3v) is 3.35. The quantitative estimate of drug-likeness (QED) is 0.562. The zero-order chi connectivity index (χ0) is 9.71. The van der Waals surface area contributed by atoms with Gasteiger partial charge in [0, 0.05) is 7.05 Å². The van der Waals surface area contributed by atoms with Crippen LogP contribution in [0.5, 0.6) is 0 Å². The lowest BCUT2D eigenvalue weighted by molar-refractivity contribution is 0.886. The molecule has 1 aromatic carbocycles. The van der Waals surface area contributed by atoms with Gasteiger partial charge in [-0.1, -0.05) is 0 Å². The average molecular weight is 203 g/mol. The molecule has 14 heavy (non-hydrogen) atoms. The molecule has 3 nitrogen and oxygen atoms in total. The van der Waals surface area contributed by atoms with E-state index in [4.69, 9.17) is 0 Å². The van der Waals surface area contributed by atoms with Gasteiger partial charge in [-0.05, 0) is 19.1 Å². The van der Waals surface area contributed by atoms with Crippen molar-refractivity contribution < 1.29 is 0 Å². The number of hydrogen-bond donors (Lipinski definition) is 0. The Hall–Kier alpha value is -1.42. The fourth-order valence-electron chi connectivity index (χ4n) is 1.66. The van der Waals surface area contributed by atoms with E-state index in [-0.39, 0.29) is 0 Å². The number of hydrogen-bond acceptors (Lipinski definition) is 3. The van der Waals surface area contributed by atoms with E-state index in [1.807, 2.05) is 19.5 Å². The number of benzene rings is 1. The average Bonchev–Trinajstić information content (AvgIpc) is 2.70. The van der Waals surface area contributed by atoms with E-state index in [1.165, 1.54) is 4.70 Å². The standard InChI is InChI=1S/C10H9N3S/c1-6-12-7-4-10-8(11-5-14-10)3-9(7)13(6)2/h3-5H,1-2H3. The summed E-state index contributed by atoms with van der Waals surface area (Å²) in [7, 11) is 2.03. The summed E-state index contributed by atoms with van der Waals surface area (Å²) < 4.78 is 3.30. The minimum Gasteiger partial charge on any atom is -0.331 e. The third kappa shape index (κ3) is 0.915. The van der Waals surface area contributed by atoms with Crippen LogP contribution < -0.4 is 0 Å². The smallest absolute Gasteiger partial charge is 0.106 e. The van der Waals surface area contributed by atoms with Gasteiger partial charge in [0.1, 0.15) is 5.82 Å². The van der Waals surface area contributed by atoms with E-state index < -0.39 is 0 Å². The molecule has 0 aliphatic carbocycles. The van der Waals surface area contributed by atoms with Gasteiger partial charge in [-0.3, -0.25) is 0 Å². The van der Waals surface area contributed by atoms with Crippen LogP contribution in [0.3, 0.4) is 0 Å². The maximum absolute atomic E-state index is 4.48. The molecular formula is C10H9N3S. The van der Waals surface area contributed by atoms with Crippen molar-refractivity contribution in [2.24, 2.45) is 7.05 Å². The first-order valence-corrected chi connectivity index (χ1v) is 5.30. The van der Waals surface area contributed by atoms with Crippen LogP contribution in [0, 0.1) is 6.92 Å². The number of imidazole rings is 1. The number of fused-ring (bicyclic) bond motifs is 2. The Labute approximate surface area is 85.0 Å². The van der Waals surface area contributed by atoms with Crippen LogP contribution in [0.1, 0.15) is 5.82 Å². The van der Waals surface area contributed by atoms with Crippen LogP contribution >= 0.6 is 11.3 Å². The summed E-state index contributed by atoms with van der Waals surface area (Å²) >= 11 is 1.66. The second-order valence-electron chi connectivity index (χ2n) is 3.38. The highest BCUT2D eigenvalue weighted by atomic mass is 32.1. The van der Waals surface area contributed by atoms with Crippen LogP contribution in [0.25, 0.3) is 21.3 Å². The number of thiazole rings is 1. The minimum absolute atomic E-state index is 1.04. The monoisotopic (exact) mass is 203 g/mol. The van der Waals surface area contributed by atoms with E-state index in [9.17, 15) is 0 Å². The third-order valence-electron chi connectivity index (χ3n) is 2.56. The largest absolute Gasteiger partial charge is 0.331 e. The molecule has 0 fully saturated rings. The normalized spacial score (nSPS) is 11.6. The molecule has 70 valence electrons. The Morgan fingerprint density at radius 3 is 3.00 bits per heavy atom. The number of aryl methyl sites for hydroxylation is 2. The Balaban J connectivity index is 2.56. The van der Waals surface area contributed by atoms with Gasteiger partial charge in [0.05, 0.1) is 26.8 Å². The zero-order valence-electron chi connectivity index (χ0n) is 7.98. The fourth-order valence-corrected chi connectivity index (χ4v) is 2.36. The first-order valence-electron chi connectivity index (χ1n) is 4.42. The van der Waals surface area contributed by atoms with E-state index in [1.54, 1.807) is 11.3 Å². The molecule has 0 aliphatic rings. The van der Waals surface area contributed by atoms with Gasteiger partial charge in [-0.15, -0.1) is 11.3 Å². The van der Waals surface area contributed by atoms with E-state index in [2.05, 4.69) is 26.7 Å². The molecule has 0 saturated carbocycles. The lowest BCUT2D eigenvalue weighted by Crippen LogP contribution is -1.89. The molecule has 2 heterocycles. The first-order chi connectivity index (χ1) is 6.75. The van der Waals surface area contributed by atoms with Gasteiger partial charge in [-0.25, -0.2) is 9.97 Å². The second kappa shape index (κ2) is 2.54. The molecule has 2 aromatic heterocycles. The molecule has 0 unspecified atom stereocenters. The Morgan fingerprint density at radius 1 is 1.29 bits per heavy atom. The molecule has 0 spiro atoms. The molecule has 0 amide bonds. The van der Waals surface area contributed by atoms with Crippen molar-refractivity contribution in [1.82, 2.24) is 14.5 Å². The molecular weight excluding hydrogens is 194 g/mol. The Bertz CT molecular complexity index is 621. The molecule has 0 bridgehead atoms. The van der Waals surface area contributed by atoms with Crippen molar-refractivity contribution in [2.45, 2.75) is 6.92 Å². The minimum atomic E-state index is 1.04. The summed E-state index contributed by atoms with van der Waals surface area (Å²) in [6.45, 7) is 2.02. The topological polar surface area (TPSA) is 30.7 Å². The molecule has 3 aromatic rings. The second-order valence-corrected chi connectivity index (χ2v) is 4.27. The van der Waals surface area contributed by atoms with Crippen molar-refractivity contribution in [2.75, 3.05) is 0 Å². The summed E-state index contributed by atoms with van der Waals surface area (Å²) in [6.07, 6.45) is 0. The van der Waals surface area contributed by atoms with Gasteiger partial charge in [0.15, 0.2) is 0 Å². The zero-order valence-corrected chi connectivity index (χ0v) is 8.80. The fraction of sp³-hybridized carbons (Fsp3) is 0.200. The molecule has 0 atom stereocenters. The van der Waals surface area contributed by atoms with Gasteiger partial charge < -0.3 is 4.57 Å². The van der Waals surface area contributed by atoms with Crippen LogP contribution in [0.4, 0.5) is 0 Å². The van der Waals surface area contributed by atoms with Crippen LogP contribution in [0.15, 0.2) is 17.6 Å². The van der Waals surface area contributed by atoms with Crippen molar-refractivity contribution >= 4 is 32.6 Å². The van der Waals surface area contributed by atoms with Crippen LogP contribution in [0.2, 0.25) is 0 Å². The van der Waals surface area contributed by atoms with Gasteiger partial charge in [0.25, 0.3) is 0 Å². The number of rotatable bonds is 0. The molecule has 0 N–H and O–H groups in total. The molecule has 0 aliphatic heterocycles. The maximum atomic E-state index is 4.48. The van der Waals surface area contributed by atoms with Crippen molar-refractivity contribution in [3.8, 4) is 0 Å². The van der Waals surface area contributed by atoms with E-state index in [0.717, 1.165) is 22.4 Å². The van der Waals surface area contributed by atoms with Crippen molar-refractivity contribution in [1.29, 1.82) is 0 Å². The molecule has 0 radical (unpaired) electrons. The summed E-state index contributed by atoms with van der Waals surface area (Å²) in [5.74, 6) is 1.04. The van der Waals surface area contributed by atoms with E-state index >= 15 is 0 Å². The SMILES string of the molecule is Cc1nc2cc3scnc3cc2n1C. The predicted molar refractivity (Wildman–Crippen MR) is 58.6 cm³/mol. The highest BCUT2D eigenvalue weighted by Crippen LogP contribution is 2.24. The summed E-state index contributed by atoms with van der Waals surface area (Å²) in [5.41, 5.74) is 5.14. The van der Waals surface area contributed by atoms with Crippen LogP contribution in [-0.4, -0.2) is 14.5 Å². The van der Waals surface area contributed by atoms with Gasteiger partial charge >= 0.3 is 0 Å². The Morgan fingerprint density at radius 2 is 2.14 bits per heavy atom. The Kier molecular flexibility index (Phi) is 1.44. The van der Waals surface area contributed by atoms with Gasteiger partial charge in [-0.2, -0.15) is 0 Å². The number of aromatic nitrogens is 3. The molecule has 0 saturated heterocycles.